The van der Waals surface area contributed by atoms with Gasteiger partial charge in [-0.2, -0.15) is 0 Å². The fourth-order valence-electron chi connectivity index (χ4n) is 2.96. The third-order valence-electron chi connectivity index (χ3n) is 4.41. The van der Waals surface area contributed by atoms with Crippen LogP contribution in [0.1, 0.15) is 15.9 Å². The number of carbonyl (C=O) groups excluding carboxylic acids is 1. The Morgan fingerprint density at radius 1 is 0.857 bits per heavy atom. The van der Waals surface area contributed by atoms with Crippen LogP contribution >= 0.6 is 11.8 Å². The zero-order valence-corrected chi connectivity index (χ0v) is 15.9. The van der Waals surface area contributed by atoms with E-state index >= 15 is 0 Å². The third kappa shape index (κ3) is 4.00. The summed E-state index contributed by atoms with van der Waals surface area (Å²) >= 11 is 1.63. The zero-order chi connectivity index (χ0) is 19.3. The maximum Gasteiger partial charge on any atom is 0.248 e. The number of hydrogen-bond donors (Lipinski definition) is 2. The Hall–Kier alpha value is -3.31. The van der Waals surface area contributed by atoms with Gasteiger partial charge in [-0.1, -0.05) is 84.6 Å². The molecular formula is C23H19N3OS. The number of primary amides is 1. The van der Waals surface area contributed by atoms with Gasteiger partial charge in [0.05, 0.1) is 11.4 Å². The molecule has 1 heterocycles. The highest BCUT2D eigenvalue weighted by Crippen LogP contribution is 2.33. The molecule has 4 rings (SSSR count). The number of nitrogens with two attached hydrogens (primary N) is 1. The number of H-pyrrole nitrogens is 1. The Morgan fingerprint density at radius 2 is 1.46 bits per heavy atom. The topological polar surface area (TPSA) is 71.8 Å². The smallest absolute Gasteiger partial charge is 0.248 e. The summed E-state index contributed by atoms with van der Waals surface area (Å²) in [6, 6.07) is 27.8. The largest absolute Gasteiger partial charge is 0.366 e. The van der Waals surface area contributed by atoms with Gasteiger partial charge in [-0.15, -0.1) is 0 Å². The Labute approximate surface area is 167 Å². The molecule has 0 spiro atoms. The number of carbonyl (C=O) groups is 1. The zero-order valence-electron chi connectivity index (χ0n) is 15.1. The highest BCUT2D eigenvalue weighted by molar-refractivity contribution is 7.98. The van der Waals surface area contributed by atoms with Crippen molar-refractivity contribution in [1.29, 1.82) is 0 Å². The number of nitrogens with one attached hydrogen (secondary N) is 1. The monoisotopic (exact) mass is 385 g/mol. The molecule has 3 N–H and O–H groups in total. The van der Waals surface area contributed by atoms with E-state index in [9.17, 15) is 4.79 Å². The number of hydrogen-bond acceptors (Lipinski definition) is 3. The molecule has 0 unspecified atom stereocenters. The molecule has 0 aliphatic rings. The molecule has 3 aromatic carbocycles. The van der Waals surface area contributed by atoms with Gasteiger partial charge in [0, 0.05) is 22.4 Å². The molecule has 28 heavy (non-hydrogen) atoms. The maximum atomic E-state index is 11.2. The summed E-state index contributed by atoms with van der Waals surface area (Å²) in [5, 5.41) is 0.858. The molecule has 138 valence electrons. The van der Waals surface area contributed by atoms with Crippen molar-refractivity contribution >= 4 is 17.7 Å². The Kier molecular flexibility index (Phi) is 5.26. The predicted molar refractivity (Wildman–Crippen MR) is 114 cm³/mol. The van der Waals surface area contributed by atoms with Gasteiger partial charge in [-0.25, -0.2) is 4.98 Å². The second-order valence-electron chi connectivity index (χ2n) is 6.35. The van der Waals surface area contributed by atoms with Crippen molar-refractivity contribution in [2.75, 3.05) is 0 Å². The minimum absolute atomic E-state index is 0.412. The third-order valence-corrected chi connectivity index (χ3v) is 5.35. The van der Waals surface area contributed by atoms with E-state index in [1.807, 2.05) is 48.5 Å². The average Bonchev–Trinajstić information content (AvgIpc) is 3.18. The second-order valence-corrected chi connectivity index (χ2v) is 7.31. The van der Waals surface area contributed by atoms with Gasteiger partial charge in [0.2, 0.25) is 5.91 Å². The van der Waals surface area contributed by atoms with E-state index in [0.29, 0.717) is 5.56 Å². The van der Waals surface area contributed by atoms with Crippen LogP contribution in [0.2, 0.25) is 0 Å². The lowest BCUT2D eigenvalue weighted by Gasteiger charge is -2.02. The first-order valence-corrected chi connectivity index (χ1v) is 9.91. The number of rotatable bonds is 6. The number of thioether (sulfide) groups is 1. The van der Waals surface area contributed by atoms with Gasteiger partial charge in [-0.05, 0) is 17.7 Å². The molecule has 4 nitrogen and oxygen atoms in total. The fraction of sp³-hybridized carbons (Fsp3) is 0.0435. The first-order valence-electron chi connectivity index (χ1n) is 8.93. The van der Waals surface area contributed by atoms with Crippen molar-refractivity contribution in [3.8, 4) is 22.5 Å². The van der Waals surface area contributed by atoms with Crippen LogP contribution in [-0.2, 0) is 5.75 Å². The molecule has 1 aromatic heterocycles. The van der Waals surface area contributed by atoms with Crippen molar-refractivity contribution in [2.45, 2.75) is 10.9 Å². The molecular weight excluding hydrogens is 366 g/mol. The summed E-state index contributed by atoms with van der Waals surface area (Å²) in [6.45, 7) is 0. The maximum absolute atomic E-state index is 11.2. The molecule has 5 heteroatoms. The van der Waals surface area contributed by atoms with E-state index in [-0.39, 0.29) is 0 Å². The first kappa shape index (κ1) is 18.1. The lowest BCUT2D eigenvalue weighted by Crippen LogP contribution is -2.10. The molecule has 0 saturated carbocycles. The van der Waals surface area contributed by atoms with Crippen molar-refractivity contribution in [3.05, 3.63) is 96.1 Å². The van der Waals surface area contributed by atoms with E-state index in [4.69, 9.17) is 10.7 Å². The van der Waals surface area contributed by atoms with E-state index in [2.05, 4.69) is 29.2 Å². The van der Waals surface area contributed by atoms with Crippen LogP contribution in [0.4, 0.5) is 0 Å². The lowest BCUT2D eigenvalue weighted by molar-refractivity contribution is 0.100. The highest BCUT2D eigenvalue weighted by Gasteiger charge is 2.14. The molecule has 0 radical (unpaired) electrons. The van der Waals surface area contributed by atoms with Gasteiger partial charge in [-0.3, -0.25) is 4.79 Å². The number of nitrogens with zero attached hydrogens (tertiary/aromatic N) is 1. The number of amides is 1. The minimum atomic E-state index is -0.412. The van der Waals surface area contributed by atoms with Gasteiger partial charge in [0.15, 0.2) is 5.16 Å². The number of aromatic nitrogens is 2. The summed E-state index contributed by atoms with van der Waals surface area (Å²) in [5.74, 6) is 0.333. The molecule has 0 atom stereocenters. The molecule has 0 saturated heterocycles. The van der Waals surface area contributed by atoms with Crippen LogP contribution in [-0.4, -0.2) is 15.9 Å². The van der Waals surface area contributed by atoms with Crippen molar-refractivity contribution in [2.24, 2.45) is 5.73 Å². The van der Waals surface area contributed by atoms with Gasteiger partial charge in [0.25, 0.3) is 0 Å². The molecule has 0 aliphatic heterocycles. The van der Waals surface area contributed by atoms with Crippen molar-refractivity contribution < 1.29 is 4.79 Å². The summed E-state index contributed by atoms with van der Waals surface area (Å²) < 4.78 is 0. The minimum Gasteiger partial charge on any atom is -0.366 e. The fourth-order valence-corrected chi connectivity index (χ4v) is 3.78. The van der Waals surface area contributed by atoms with Crippen molar-refractivity contribution in [1.82, 2.24) is 9.97 Å². The summed E-state index contributed by atoms with van der Waals surface area (Å²) in [4.78, 5) is 19.5. The first-order chi connectivity index (χ1) is 13.7. The van der Waals surface area contributed by atoms with Crippen LogP contribution in [0.5, 0.6) is 0 Å². The SMILES string of the molecule is NC(=O)c1ccc(CSc2nc(-c3ccccc3)c(-c3ccccc3)[nH]2)cc1. The quantitative estimate of drug-likeness (QED) is 0.452. The standard InChI is InChI=1S/C23H19N3OS/c24-22(27)19-13-11-16(12-14-19)15-28-23-25-20(17-7-3-1-4-8-17)21(26-23)18-9-5-2-6-10-18/h1-14H,15H2,(H2,24,27)(H,25,26). The van der Waals surface area contributed by atoms with Gasteiger partial charge >= 0.3 is 0 Å². The molecule has 1 amide bonds. The number of benzene rings is 3. The lowest BCUT2D eigenvalue weighted by atomic mass is 10.1. The van der Waals surface area contributed by atoms with Crippen molar-refractivity contribution in [3.63, 3.8) is 0 Å². The second kappa shape index (κ2) is 8.15. The number of imidazole rings is 1. The normalized spacial score (nSPS) is 10.7. The molecule has 4 aromatic rings. The van der Waals surface area contributed by atoms with Crippen LogP contribution in [0.25, 0.3) is 22.5 Å². The summed E-state index contributed by atoms with van der Waals surface area (Å²) in [7, 11) is 0. The van der Waals surface area contributed by atoms with E-state index < -0.39 is 5.91 Å². The molecule has 0 bridgehead atoms. The Morgan fingerprint density at radius 3 is 2.07 bits per heavy atom. The Bertz CT molecular complexity index is 1020. The van der Waals surface area contributed by atoms with Gasteiger partial charge in [0.1, 0.15) is 0 Å². The summed E-state index contributed by atoms with van der Waals surface area (Å²) in [5.41, 5.74) is 11.1. The average molecular weight is 385 g/mol. The highest BCUT2D eigenvalue weighted by atomic mass is 32.2. The van der Waals surface area contributed by atoms with E-state index in [0.717, 1.165) is 39.0 Å². The Balaban J connectivity index is 1.61. The molecule has 0 fully saturated rings. The van der Waals surface area contributed by atoms with E-state index in [1.165, 1.54) is 0 Å². The molecule has 0 aliphatic carbocycles. The summed E-state index contributed by atoms with van der Waals surface area (Å²) in [6.07, 6.45) is 0. The van der Waals surface area contributed by atoms with E-state index in [1.54, 1.807) is 23.9 Å². The number of aromatic amines is 1. The van der Waals surface area contributed by atoms with Crippen LogP contribution in [0.15, 0.2) is 90.1 Å². The van der Waals surface area contributed by atoms with Crippen LogP contribution in [0.3, 0.4) is 0 Å². The van der Waals surface area contributed by atoms with Crippen LogP contribution < -0.4 is 5.73 Å². The predicted octanol–water partition coefficient (Wildman–Crippen LogP) is 5.13. The van der Waals surface area contributed by atoms with Crippen LogP contribution in [0, 0.1) is 0 Å². The van der Waals surface area contributed by atoms with Gasteiger partial charge < -0.3 is 10.7 Å².